The molecule has 0 saturated carbocycles. The molecule has 1 aromatic heterocycles. The molecule has 1 heterocycles. The number of aryl methyl sites for hydroxylation is 1. The second kappa shape index (κ2) is 10.5. The first-order valence-corrected chi connectivity index (χ1v) is 9.12. The van der Waals surface area contributed by atoms with E-state index in [1.165, 1.54) is 0 Å². The third-order valence-electron chi connectivity index (χ3n) is 3.01. The minimum Gasteiger partial charge on any atom is -0.370 e. The fourth-order valence-electron chi connectivity index (χ4n) is 1.97. The average Bonchev–Trinajstić information content (AvgIpc) is 2.49. The Hall–Kier alpha value is -1.23. The maximum atomic E-state index is 12.2. The average molecular weight is 309 g/mol. The molecule has 1 rings (SSSR count). The molecule has 2 N–H and O–H groups in total. The van der Waals surface area contributed by atoms with E-state index in [4.69, 9.17) is 0 Å². The summed E-state index contributed by atoms with van der Waals surface area (Å²) in [4.78, 5) is 16.8. The molecule has 0 fully saturated rings. The normalized spacial score (nSPS) is 10.4. The van der Waals surface area contributed by atoms with E-state index in [1.54, 1.807) is 11.8 Å². The van der Waals surface area contributed by atoms with E-state index < -0.39 is 0 Å². The Balaban J connectivity index is 2.73. The van der Waals surface area contributed by atoms with Gasteiger partial charge in [0.15, 0.2) is 0 Å². The lowest BCUT2D eigenvalue weighted by Gasteiger charge is -2.10. The van der Waals surface area contributed by atoms with Crippen LogP contribution in [0.1, 0.15) is 49.2 Å². The number of nitrogens with one attached hydrogen (secondary N) is 2. The molecule has 0 atom stereocenters. The number of hydrogen-bond donors (Lipinski definition) is 2. The van der Waals surface area contributed by atoms with Crippen LogP contribution in [0.15, 0.2) is 12.1 Å². The highest BCUT2D eigenvalue weighted by atomic mass is 32.2. The number of amides is 1. The van der Waals surface area contributed by atoms with E-state index in [1.807, 2.05) is 12.1 Å². The molecule has 0 unspecified atom stereocenters. The maximum absolute atomic E-state index is 12.2. The lowest BCUT2D eigenvalue weighted by atomic mass is 10.1. The smallest absolute Gasteiger partial charge is 0.251 e. The fourth-order valence-corrected chi connectivity index (χ4v) is 2.40. The van der Waals surface area contributed by atoms with Crippen molar-refractivity contribution in [2.75, 3.05) is 30.4 Å². The molecule has 0 aliphatic carbocycles. The molecule has 0 aliphatic rings. The van der Waals surface area contributed by atoms with Gasteiger partial charge in [-0.05, 0) is 43.4 Å². The van der Waals surface area contributed by atoms with Gasteiger partial charge in [-0.1, -0.05) is 20.3 Å². The standard InChI is InChI=1S/C16H27N3OS/c1-4-7-14-11-13(12-15(19-14)17-8-5-2)16(20)18-9-6-10-21-3/h11-12H,4-10H2,1-3H3,(H,17,19)(H,18,20). The van der Waals surface area contributed by atoms with Crippen molar-refractivity contribution in [1.29, 1.82) is 0 Å². The number of nitrogens with zero attached hydrogens (tertiary/aromatic N) is 1. The molecule has 0 aromatic carbocycles. The van der Waals surface area contributed by atoms with Gasteiger partial charge in [0.1, 0.15) is 5.82 Å². The van der Waals surface area contributed by atoms with Gasteiger partial charge in [-0.2, -0.15) is 11.8 Å². The van der Waals surface area contributed by atoms with Crippen molar-refractivity contribution in [3.63, 3.8) is 0 Å². The number of thioether (sulfide) groups is 1. The van der Waals surface area contributed by atoms with Gasteiger partial charge in [0.05, 0.1) is 0 Å². The number of carbonyl (C=O) groups is 1. The Bertz CT molecular complexity index is 438. The second-order valence-corrected chi connectivity index (χ2v) is 6.00. The monoisotopic (exact) mass is 309 g/mol. The Labute approximate surface area is 132 Å². The molecule has 0 saturated heterocycles. The van der Waals surface area contributed by atoms with Crippen LogP contribution < -0.4 is 10.6 Å². The van der Waals surface area contributed by atoms with Crippen LogP contribution in [0.2, 0.25) is 0 Å². The van der Waals surface area contributed by atoms with Crippen molar-refractivity contribution in [3.8, 4) is 0 Å². The van der Waals surface area contributed by atoms with Gasteiger partial charge in [0.25, 0.3) is 5.91 Å². The number of rotatable bonds is 10. The molecule has 5 heteroatoms. The lowest BCUT2D eigenvalue weighted by Crippen LogP contribution is -2.25. The Morgan fingerprint density at radius 3 is 2.71 bits per heavy atom. The first kappa shape index (κ1) is 17.8. The van der Waals surface area contributed by atoms with Crippen molar-refractivity contribution in [3.05, 3.63) is 23.4 Å². The van der Waals surface area contributed by atoms with Gasteiger partial charge in [-0.15, -0.1) is 0 Å². The van der Waals surface area contributed by atoms with Gasteiger partial charge in [0.2, 0.25) is 0 Å². The summed E-state index contributed by atoms with van der Waals surface area (Å²) in [6, 6.07) is 3.75. The number of anilines is 1. The number of aromatic nitrogens is 1. The minimum atomic E-state index is -0.00426. The summed E-state index contributed by atoms with van der Waals surface area (Å²) < 4.78 is 0. The van der Waals surface area contributed by atoms with Crippen molar-refractivity contribution < 1.29 is 4.79 Å². The SMILES string of the molecule is CCCNc1cc(C(=O)NCCCSC)cc(CCC)n1. The molecule has 118 valence electrons. The van der Waals surface area contributed by atoms with Crippen LogP contribution in [0, 0.1) is 0 Å². The quantitative estimate of drug-likeness (QED) is 0.651. The minimum absolute atomic E-state index is 0.00426. The van der Waals surface area contributed by atoms with Gasteiger partial charge >= 0.3 is 0 Å². The summed E-state index contributed by atoms with van der Waals surface area (Å²) >= 11 is 1.80. The highest BCUT2D eigenvalue weighted by molar-refractivity contribution is 7.98. The molecule has 4 nitrogen and oxygen atoms in total. The van der Waals surface area contributed by atoms with Gasteiger partial charge < -0.3 is 10.6 Å². The van der Waals surface area contributed by atoms with Crippen LogP contribution >= 0.6 is 11.8 Å². The second-order valence-electron chi connectivity index (χ2n) is 5.01. The summed E-state index contributed by atoms with van der Waals surface area (Å²) in [5, 5.41) is 6.25. The highest BCUT2D eigenvalue weighted by Crippen LogP contribution is 2.12. The molecule has 1 aromatic rings. The van der Waals surface area contributed by atoms with Gasteiger partial charge in [-0.3, -0.25) is 4.79 Å². The van der Waals surface area contributed by atoms with Crippen LogP contribution in [0.25, 0.3) is 0 Å². The summed E-state index contributed by atoms with van der Waals surface area (Å²) in [7, 11) is 0. The molecule has 1 amide bonds. The van der Waals surface area contributed by atoms with E-state index in [0.717, 1.165) is 56.0 Å². The zero-order valence-electron chi connectivity index (χ0n) is 13.4. The highest BCUT2D eigenvalue weighted by Gasteiger charge is 2.09. The molecule has 0 spiro atoms. The van der Waals surface area contributed by atoms with Crippen molar-refractivity contribution >= 4 is 23.5 Å². The number of pyridine rings is 1. The van der Waals surface area contributed by atoms with Gasteiger partial charge in [0, 0.05) is 24.3 Å². The largest absolute Gasteiger partial charge is 0.370 e. The summed E-state index contributed by atoms with van der Waals surface area (Å²) in [6.45, 7) is 5.83. The van der Waals surface area contributed by atoms with Crippen LogP contribution in [0.3, 0.4) is 0 Å². The molecular formula is C16H27N3OS. The van der Waals surface area contributed by atoms with E-state index >= 15 is 0 Å². The van der Waals surface area contributed by atoms with Crippen molar-refractivity contribution in [2.45, 2.75) is 39.5 Å². The van der Waals surface area contributed by atoms with Crippen molar-refractivity contribution in [1.82, 2.24) is 10.3 Å². The van der Waals surface area contributed by atoms with Crippen LogP contribution in [-0.4, -0.2) is 36.0 Å². The fraction of sp³-hybridized carbons (Fsp3) is 0.625. The predicted molar refractivity (Wildman–Crippen MR) is 92.3 cm³/mol. The molecule has 21 heavy (non-hydrogen) atoms. The molecule has 0 radical (unpaired) electrons. The maximum Gasteiger partial charge on any atom is 0.251 e. The van der Waals surface area contributed by atoms with E-state index in [0.29, 0.717) is 5.56 Å². The predicted octanol–water partition coefficient (Wildman–Crippen LogP) is 3.34. The summed E-state index contributed by atoms with van der Waals surface area (Å²) in [5.74, 6) is 1.87. The van der Waals surface area contributed by atoms with Gasteiger partial charge in [-0.25, -0.2) is 4.98 Å². The van der Waals surface area contributed by atoms with Crippen LogP contribution in [0.5, 0.6) is 0 Å². The van der Waals surface area contributed by atoms with E-state index in [-0.39, 0.29) is 5.91 Å². The number of carbonyl (C=O) groups excluding carboxylic acids is 1. The van der Waals surface area contributed by atoms with Crippen LogP contribution in [0.4, 0.5) is 5.82 Å². The van der Waals surface area contributed by atoms with E-state index in [9.17, 15) is 4.79 Å². The molecular weight excluding hydrogens is 282 g/mol. The zero-order chi connectivity index (χ0) is 15.5. The number of hydrogen-bond acceptors (Lipinski definition) is 4. The Morgan fingerprint density at radius 2 is 2.05 bits per heavy atom. The topological polar surface area (TPSA) is 54.0 Å². The Kier molecular flexibility index (Phi) is 8.90. The first-order valence-electron chi connectivity index (χ1n) is 7.73. The third kappa shape index (κ3) is 6.85. The third-order valence-corrected chi connectivity index (χ3v) is 3.71. The van der Waals surface area contributed by atoms with Crippen molar-refractivity contribution in [2.24, 2.45) is 0 Å². The molecule has 0 aliphatic heterocycles. The Morgan fingerprint density at radius 1 is 1.24 bits per heavy atom. The molecule has 0 bridgehead atoms. The van der Waals surface area contributed by atoms with E-state index in [2.05, 4.69) is 35.7 Å². The van der Waals surface area contributed by atoms with Crippen LogP contribution in [-0.2, 0) is 6.42 Å². The lowest BCUT2D eigenvalue weighted by molar-refractivity contribution is 0.0953. The zero-order valence-corrected chi connectivity index (χ0v) is 14.2. The summed E-state index contributed by atoms with van der Waals surface area (Å²) in [5.41, 5.74) is 1.68. The summed E-state index contributed by atoms with van der Waals surface area (Å²) in [6.07, 6.45) is 6.04. The first-order chi connectivity index (χ1) is 10.2.